The standard InChI is InChI=1S/C6H5F.Cu.Li.H/c7-6-4-2-1-3-5-6;;;/h1-5H;;;/q;;+1;-1. The molecule has 0 N–H and O–H groups in total. The average molecular weight is 168 g/mol. The molecule has 0 saturated heterocycles. The van der Waals surface area contributed by atoms with E-state index in [0.29, 0.717) is 0 Å². The summed E-state index contributed by atoms with van der Waals surface area (Å²) >= 11 is 0. The molecule has 0 aliphatic carbocycles. The third-order valence-electron chi connectivity index (χ3n) is 0.733. The minimum absolute atomic E-state index is 0. The van der Waals surface area contributed by atoms with Gasteiger partial charge in [0.15, 0.2) is 0 Å². The average Bonchev–Trinajstić information content (AvgIpc) is 1.69. The third kappa shape index (κ3) is 4.75. The quantitative estimate of drug-likeness (QED) is 0.432. The zero-order valence-electron chi connectivity index (χ0n) is 6.07. The Labute approximate surface area is 78.0 Å². The number of benzene rings is 1. The van der Waals surface area contributed by atoms with E-state index in [0.717, 1.165) is 0 Å². The van der Waals surface area contributed by atoms with Crippen molar-refractivity contribution in [3.8, 4) is 0 Å². The van der Waals surface area contributed by atoms with Gasteiger partial charge < -0.3 is 1.43 Å². The van der Waals surface area contributed by atoms with Crippen LogP contribution >= 0.6 is 0 Å². The van der Waals surface area contributed by atoms with Crippen molar-refractivity contribution in [3.05, 3.63) is 36.1 Å². The zero-order chi connectivity index (χ0) is 5.11. The van der Waals surface area contributed by atoms with Crippen LogP contribution in [0, 0.1) is 5.82 Å². The summed E-state index contributed by atoms with van der Waals surface area (Å²) in [4.78, 5) is 0. The number of rotatable bonds is 0. The summed E-state index contributed by atoms with van der Waals surface area (Å²) in [5, 5.41) is 0. The summed E-state index contributed by atoms with van der Waals surface area (Å²) in [7, 11) is 0. The van der Waals surface area contributed by atoms with Crippen molar-refractivity contribution in [2.45, 2.75) is 0 Å². The van der Waals surface area contributed by atoms with Crippen LogP contribution in [0.2, 0.25) is 0 Å². The molecule has 0 unspecified atom stereocenters. The van der Waals surface area contributed by atoms with Crippen molar-refractivity contribution in [2.24, 2.45) is 0 Å². The van der Waals surface area contributed by atoms with Crippen LogP contribution in [0.4, 0.5) is 4.39 Å². The number of halogens is 1. The maximum atomic E-state index is 11.9. The zero-order valence-corrected chi connectivity index (χ0v) is 6.01. The van der Waals surface area contributed by atoms with E-state index < -0.39 is 0 Å². The fourth-order valence-corrected chi connectivity index (χ4v) is 0.415. The van der Waals surface area contributed by atoms with E-state index in [-0.39, 0.29) is 43.2 Å². The van der Waals surface area contributed by atoms with Gasteiger partial charge in [-0.25, -0.2) is 4.39 Å². The Bertz CT molecular complexity index is 148. The van der Waals surface area contributed by atoms with E-state index in [2.05, 4.69) is 0 Å². The Morgan fingerprint density at radius 2 is 1.56 bits per heavy atom. The Morgan fingerprint density at radius 3 is 1.78 bits per heavy atom. The van der Waals surface area contributed by atoms with E-state index in [1.165, 1.54) is 12.1 Å². The largest absolute Gasteiger partial charge is 1.00 e. The first-order valence-electron chi connectivity index (χ1n) is 2.10. The molecule has 0 saturated carbocycles. The van der Waals surface area contributed by atoms with Crippen LogP contribution in [-0.2, 0) is 17.1 Å². The van der Waals surface area contributed by atoms with E-state index in [1.54, 1.807) is 18.2 Å². The van der Waals surface area contributed by atoms with Gasteiger partial charge in [-0.15, -0.1) is 0 Å². The molecular formula is C6H6CuFLi. The van der Waals surface area contributed by atoms with Crippen molar-refractivity contribution in [3.63, 3.8) is 0 Å². The first kappa shape index (κ1) is 12.0. The second-order valence-corrected chi connectivity index (χ2v) is 1.30. The van der Waals surface area contributed by atoms with Gasteiger partial charge in [0.1, 0.15) is 5.82 Å². The Morgan fingerprint density at radius 1 is 1.11 bits per heavy atom. The first-order chi connectivity index (χ1) is 3.39. The normalized spacial score (nSPS) is 6.78. The van der Waals surface area contributed by atoms with Crippen LogP contribution in [0.5, 0.6) is 0 Å². The Balaban J connectivity index is -0.000000163. The van der Waals surface area contributed by atoms with Crippen LogP contribution in [0.15, 0.2) is 30.3 Å². The molecule has 0 atom stereocenters. The van der Waals surface area contributed by atoms with Crippen molar-refractivity contribution in [1.29, 1.82) is 0 Å². The molecule has 1 radical (unpaired) electrons. The topological polar surface area (TPSA) is 0 Å². The number of hydrogen-bond donors (Lipinski definition) is 0. The molecule has 49 valence electrons. The molecule has 1 rings (SSSR count). The Kier molecular flexibility index (Phi) is 8.51. The maximum Gasteiger partial charge on any atom is 1.00 e. The molecule has 0 spiro atoms. The minimum Gasteiger partial charge on any atom is -1.00 e. The van der Waals surface area contributed by atoms with Gasteiger partial charge in [-0.1, -0.05) is 18.2 Å². The van der Waals surface area contributed by atoms with Crippen molar-refractivity contribution in [1.82, 2.24) is 0 Å². The predicted octanol–water partition coefficient (Wildman–Crippen LogP) is -1.06. The van der Waals surface area contributed by atoms with Crippen LogP contribution < -0.4 is 18.9 Å². The molecule has 0 heterocycles. The summed E-state index contributed by atoms with van der Waals surface area (Å²) in [6.07, 6.45) is 0. The predicted molar refractivity (Wildman–Crippen MR) is 27.5 cm³/mol. The van der Waals surface area contributed by atoms with Gasteiger partial charge in [0.25, 0.3) is 0 Å². The molecule has 0 nitrogen and oxygen atoms in total. The summed E-state index contributed by atoms with van der Waals surface area (Å²) in [5.74, 6) is -0.178. The van der Waals surface area contributed by atoms with Gasteiger partial charge in [0, 0.05) is 17.1 Å². The molecule has 0 bridgehead atoms. The van der Waals surface area contributed by atoms with E-state index in [4.69, 9.17) is 0 Å². The fraction of sp³-hybridized carbons (Fsp3) is 0. The van der Waals surface area contributed by atoms with Gasteiger partial charge in [0.2, 0.25) is 0 Å². The molecule has 1 aromatic carbocycles. The second kappa shape index (κ2) is 6.39. The summed E-state index contributed by atoms with van der Waals surface area (Å²) in [5.41, 5.74) is 0. The smallest absolute Gasteiger partial charge is 1.00 e. The molecule has 0 fully saturated rings. The van der Waals surface area contributed by atoms with Gasteiger partial charge in [-0.2, -0.15) is 0 Å². The molecule has 0 aliphatic heterocycles. The molecule has 3 heteroatoms. The van der Waals surface area contributed by atoms with Crippen LogP contribution in [0.25, 0.3) is 0 Å². The van der Waals surface area contributed by atoms with E-state index in [9.17, 15) is 4.39 Å². The molecule has 0 amide bonds. The fourth-order valence-electron chi connectivity index (χ4n) is 0.415. The van der Waals surface area contributed by atoms with Crippen LogP contribution in [0.3, 0.4) is 0 Å². The molecule has 0 aliphatic rings. The molecule has 9 heavy (non-hydrogen) atoms. The molecular weight excluding hydrogens is 162 g/mol. The van der Waals surface area contributed by atoms with Gasteiger partial charge in [-0.3, -0.25) is 0 Å². The van der Waals surface area contributed by atoms with Gasteiger partial charge in [0.05, 0.1) is 0 Å². The molecule has 0 aromatic heterocycles. The van der Waals surface area contributed by atoms with Crippen molar-refractivity contribution < 1.29 is 41.7 Å². The monoisotopic (exact) mass is 167 g/mol. The Hall–Kier alpha value is 0.267. The summed E-state index contributed by atoms with van der Waals surface area (Å²) in [6, 6.07) is 7.94. The maximum absolute atomic E-state index is 11.9. The SMILES string of the molecule is Fc1ccccc1.[Cu].[H-].[Li+]. The summed E-state index contributed by atoms with van der Waals surface area (Å²) in [6.45, 7) is 0. The first-order valence-corrected chi connectivity index (χ1v) is 2.10. The number of hydrogen-bond acceptors (Lipinski definition) is 0. The minimum atomic E-state index is -0.178. The third-order valence-corrected chi connectivity index (χ3v) is 0.733. The summed E-state index contributed by atoms with van der Waals surface area (Å²) < 4.78 is 11.9. The van der Waals surface area contributed by atoms with Gasteiger partial charge in [-0.05, 0) is 12.1 Å². The van der Waals surface area contributed by atoms with Crippen molar-refractivity contribution in [2.75, 3.05) is 0 Å². The van der Waals surface area contributed by atoms with Crippen LogP contribution in [0.1, 0.15) is 1.43 Å². The van der Waals surface area contributed by atoms with Gasteiger partial charge >= 0.3 is 18.9 Å². The van der Waals surface area contributed by atoms with E-state index in [1.807, 2.05) is 0 Å². The van der Waals surface area contributed by atoms with Crippen LogP contribution in [-0.4, -0.2) is 0 Å². The second-order valence-electron chi connectivity index (χ2n) is 1.30. The van der Waals surface area contributed by atoms with E-state index >= 15 is 0 Å². The van der Waals surface area contributed by atoms with Crippen molar-refractivity contribution >= 4 is 0 Å². The molecule has 1 aromatic rings.